The lowest BCUT2D eigenvalue weighted by Gasteiger charge is -2.08. The fourth-order valence-electron chi connectivity index (χ4n) is 1.76. The fourth-order valence-corrected chi connectivity index (χ4v) is 1.94. The highest BCUT2D eigenvalue weighted by atomic mass is 35.5. The van der Waals surface area contributed by atoms with E-state index in [0.717, 1.165) is 6.07 Å². The molecule has 0 aliphatic rings. The van der Waals surface area contributed by atoms with Crippen molar-refractivity contribution in [2.45, 2.75) is 0 Å². The molecule has 0 saturated carbocycles. The van der Waals surface area contributed by atoms with Gasteiger partial charge in [0.05, 0.1) is 10.5 Å². The molecule has 0 bridgehead atoms. The number of nitro groups is 1. The number of benzene rings is 2. The Morgan fingerprint density at radius 1 is 1.22 bits per heavy atom. The van der Waals surface area contributed by atoms with E-state index in [9.17, 15) is 14.9 Å². The van der Waals surface area contributed by atoms with Crippen LogP contribution in [0, 0.1) is 10.1 Å². The van der Waals surface area contributed by atoms with Crippen molar-refractivity contribution >= 4 is 28.9 Å². The Hall–Kier alpha value is -2.80. The molecule has 0 aliphatic carbocycles. The van der Waals surface area contributed by atoms with Crippen molar-refractivity contribution in [3.63, 3.8) is 0 Å². The number of nitrogens with zero attached hydrogens (tertiary/aromatic N) is 1. The van der Waals surface area contributed by atoms with Gasteiger partial charge in [-0.25, -0.2) is 4.79 Å². The average molecular weight is 337 g/mol. The lowest BCUT2D eigenvalue weighted by atomic mass is 10.1. The van der Waals surface area contributed by atoms with Crippen LogP contribution in [-0.4, -0.2) is 24.1 Å². The summed E-state index contributed by atoms with van der Waals surface area (Å²) in [5.74, 6) is -0.204. The molecule has 0 fully saturated rings. The molecule has 2 aromatic rings. The Kier molecular flexibility index (Phi) is 5.37. The van der Waals surface area contributed by atoms with Crippen molar-refractivity contribution in [2.75, 3.05) is 18.9 Å². The van der Waals surface area contributed by atoms with Crippen LogP contribution in [0.5, 0.6) is 5.75 Å². The topological polar surface area (TPSA) is 105 Å². The molecular weight excluding hydrogens is 324 g/mol. The first kappa shape index (κ1) is 16.6. The number of esters is 1. The van der Waals surface area contributed by atoms with Crippen LogP contribution in [-0.2, 0) is 4.74 Å². The minimum Gasteiger partial charge on any atom is -0.490 e. The predicted molar refractivity (Wildman–Crippen MR) is 84.7 cm³/mol. The zero-order chi connectivity index (χ0) is 16.8. The number of hydrogen-bond acceptors (Lipinski definition) is 6. The molecular formula is C15H13ClN2O5. The maximum atomic E-state index is 11.9. The number of carbonyl (C=O) groups excluding carboxylic acids is 1. The highest BCUT2D eigenvalue weighted by Gasteiger charge is 2.16. The van der Waals surface area contributed by atoms with E-state index in [1.807, 2.05) is 0 Å². The lowest BCUT2D eigenvalue weighted by molar-refractivity contribution is -0.384. The van der Waals surface area contributed by atoms with Gasteiger partial charge in [-0.15, -0.1) is 0 Å². The van der Waals surface area contributed by atoms with Crippen LogP contribution in [0.4, 0.5) is 11.4 Å². The number of ether oxygens (including phenoxy) is 2. The van der Waals surface area contributed by atoms with Crippen molar-refractivity contribution in [3.05, 3.63) is 63.2 Å². The molecule has 0 heterocycles. The summed E-state index contributed by atoms with van der Waals surface area (Å²) in [4.78, 5) is 22.0. The maximum Gasteiger partial charge on any atom is 0.340 e. The first-order valence-electron chi connectivity index (χ1n) is 6.57. The summed E-state index contributed by atoms with van der Waals surface area (Å²) in [6, 6.07) is 10.4. The van der Waals surface area contributed by atoms with Crippen LogP contribution in [0.1, 0.15) is 10.4 Å². The number of nitro benzene ring substituents is 1. The molecule has 2 rings (SSSR count). The Balaban J connectivity index is 1.90. The van der Waals surface area contributed by atoms with Crippen LogP contribution >= 0.6 is 11.6 Å². The normalized spacial score (nSPS) is 10.1. The quantitative estimate of drug-likeness (QED) is 0.286. The number of halogens is 1. The number of carbonyl (C=O) groups is 1. The predicted octanol–water partition coefficient (Wildman–Crippen LogP) is 3.07. The van der Waals surface area contributed by atoms with E-state index in [1.54, 1.807) is 24.3 Å². The second-order valence-corrected chi connectivity index (χ2v) is 4.91. The van der Waals surface area contributed by atoms with Crippen LogP contribution in [0.25, 0.3) is 0 Å². The molecule has 0 radical (unpaired) electrons. The molecule has 0 spiro atoms. The molecule has 8 heteroatoms. The number of non-ortho nitro benzene ring substituents is 1. The molecule has 0 atom stereocenters. The second-order valence-electron chi connectivity index (χ2n) is 4.47. The molecule has 0 aromatic heterocycles. The van der Waals surface area contributed by atoms with E-state index in [1.165, 1.54) is 12.1 Å². The zero-order valence-electron chi connectivity index (χ0n) is 11.9. The van der Waals surface area contributed by atoms with Crippen LogP contribution in [0.3, 0.4) is 0 Å². The summed E-state index contributed by atoms with van der Waals surface area (Å²) >= 11 is 5.81. The van der Waals surface area contributed by atoms with E-state index in [4.69, 9.17) is 26.8 Å². The summed E-state index contributed by atoms with van der Waals surface area (Å²) in [5.41, 5.74) is 5.45. The molecule has 23 heavy (non-hydrogen) atoms. The van der Waals surface area contributed by atoms with Crippen LogP contribution in [0.15, 0.2) is 42.5 Å². The Morgan fingerprint density at radius 2 is 2.00 bits per heavy atom. The molecule has 0 amide bonds. The third kappa shape index (κ3) is 4.58. The second kappa shape index (κ2) is 7.46. The molecule has 2 aromatic carbocycles. The molecule has 0 saturated heterocycles. The zero-order valence-corrected chi connectivity index (χ0v) is 12.7. The van der Waals surface area contributed by atoms with Crippen LogP contribution < -0.4 is 10.5 Å². The third-order valence-corrected chi connectivity index (χ3v) is 3.08. The van der Waals surface area contributed by atoms with Crippen molar-refractivity contribution in [1.82, 2.24) is 0 Å². The first-order chi connectivity index (χ1) is 11.0. The van der Waals surface area contributed by atoms with Gasteiger partial charge in [-0.05, 0) is 24.3 Å². The summed E-state index contributed by atoms with van der Waals surface area (Å²) in [7, 11) is 0. The monoisotopic (exact) mass is 336 g/mol. The number of hydrogen-bond donors (Lipinski definition) is 1. The summed E-state index contributed by atoms with van der Waals surface area (Å²) in [6.45, 7) is 0.0778. The van der Waals surface area contributed by atoms with Crippen molar-refractivity contribution in [1.29, 1.82) is 0 Å². The highest BCUT2D eigenvalue weighted by molar-refractivity contribution is 6.30. The third-order valence-electron chi connectivity index (χ3n) is 2.85. The van der Waals surface area contributed by atoms with Gasteiger partial charge in [-0.2, -0.15) is 0 Å². The summed E-state index contributed by atoms with van der Waals surface area (Å²) < 4.78 is 10.4. The van der Waals surface area contributed by atoms with Gasteiger partial charge in [0, 0.05) is 22.8 Å². The number of rotatable bonds is 6. The van der Waals surface area contributed by atoms with Crippen molar-refractivity contribution < 1.29 is 19.2 Å². The van der Waals surface area contributed by atoms with E-state index >= 15 is 0 Å². The SMILES string of the molecule is Nc1ccc([N+](=O)[O-])cc1C(=O)OCCOc1cccc(Cl)c1. The standard InChI is InChI=1S/C15H13ClN2O5/c16-10-2-1-3-12(8-10)22-6-7-23-15(19)13-9-11(18(20)21)4-5-14(13)17/h1-5,8-9H,6-7,17H2. The number of nitrogen functional groups attached to an aromatic ring is 1. The van der Waals surface area contributed by atoms with Gasteiger partial charge in [0.1, 0.15) is 19.0 Å². The van der Waals surface area contributed by atoms with E-state index in [2.05, 4.69) is 0 Å². The minimum absolute atomic E-state index is 0.0342. The van der Waals surface area contributed by atoms with E-state index in [-0.39, 0.29) is 30.2 Å². The van der Waals surface area contributed by atoms with Crippen molar-refractivity contribution in [2.24, 2.45) is 0 Å². The molecule has 120 valence electrons. The number of nitrogens with two attached hydrogens (primary N) is 1. The van der Waals surface area contributed by atoms with Crippen LogP contribution in [0.2, 0.25) is 5.02 Å². The van der Waals surface area contributed by atoms with Gasteiger partial charge < -0.3 is 15.2 Å². The Bertz CT molecular complexity index is 736. The largest absolute Gasteiger partial charge is 0.490 e. The number of anilines is 1. The molecule has 7 nitrogen and oxygen atoms in total. The van der Waals surface area contributed by atoms with Gasteiger partial charge in [0.2, 0.25) is 0 Å². The van der Waals surface area contributed by atoms with Gasteiger partial charge >= 0.3 is 5.97 Å². The van der Waals surface area contributed by atoms with E-state index < -0.39 is 10.9 Å². The Labute approximate surface area is 136 Å². The van der Waals surface area contributed by atoms with Gasteiger partial charge in [-0.3, -0.25) is 10.1 Å². The smallest absolute Gasteiger partial charge is 0.340 e. The summed E-state index contributed by atoms with van der Waals surface area (Å²) in [6.07, 6.45) is 0. The Morgan fingerprint density at radius 3 is 2.70 bits per heavy atom. The summed E-state index contributed by atoms with van der Waals surface area (Å²) in [5, 5.41) is 11.2. The molecule has 0 unspecified atom stereocenters. The highest BCUT2D eigenvalue weighted by Crippen LogP contribution is 2.20. The van der Waals surface area contributed by atoms with Crippen molar-refractivity contribution in [3.8, 4) is 5.75 Å². The average Bonchev–Trinajstić information content (AvgIpc) is 2.51. The van der Waals surface area contributed by atoms with Gasteiger partial charge in [0.25, 0.3) is 5.69 Å². The minimum atomic E-state index is -0.749. The van der Waals surface area contributed by atoms with Gasteiger partial charge in [-0.1, -0.05) is 17.7 Å². The lowest BCUT2D eigenvalue weighted by Crippen LogP contribution is -2.14. The van der Waals surface area contributed by atoms with E-state index in [0.29, 0.717) is 10.8 Å². The first-order valence-corrected chi connectivity index (χ1v) is 6.94. The maximum absolute atomic E-state index is 11.9. The molecule has 0 aliphatic heterocycles. The fraction of sp³-hybridized carbons (Fsp3) is 0.133. The molecule has 2 N–H and O–H groups in total. The van der Waals surface area contributed by atoms with Gasteiger partial charge in [0.15, 0.2) is 0 Å².